The fraction of sp³-hybridized carbons (Fsp3) is 0.412. The number of nitro benzene ring substituents is 1. The first-order chi connectivity index (χ1) is 11.6. The van der Waals surface area contributed by atoms with E-state index < -0.39 is 28.6 Å². The van der Waals surface area contributed by atoms with Crippen molar-refractivity contribution >= 4 is 23.3 Å². The summed E-state index contributed by atoms with van der Waals surface area (Å²) in [6, 6.07) is 5.24. The van der Waals surface area contributed by atoms with Crippen molar-refractivity contribution in [2.24, 2.45) is 5.73 Å². The molecule has 1 aromatic rings. The molecule has 0 saturated carbocycles. The number of rotatable bonds is 3. The first-order valence-electron chi connectivity index (χ1n) is 7.81. The van der Waals surface area contributed by atoms with Crippen molar-refractivity contribution in [1.82, 2.24) is 4.90 Å². The minimum Gasteiger partial charge on any atom is -0.444 e. The number of carbonyl (C=O) groups excluding carboxylic acids is 2. The highest BCUT2D eigenvalue weighted by Crippen LogP contribution is 2.27. The van der Waals surface area contributed by atoms with Gasteiger partial charge in [0.05, 0.1) is 11.5 Å². The van der Waals surface area contributed by atoms with Gasteiger partial charge in [-0.2, -0.15) is 0 Å². The van der Waals surface area contributed by atoms with Crippen LogP contribution in [0.1, 0.15) is 32.8 Å². The number of nitro groups is 1. The summed E-state index contributed by atoms with van der Waals surface area (Å²) in [5.41, 5.74) is 6.20. The van der Waals surface area contributed by atoms with E-state index in [0.717, 1.165) is 11.1 Å². The molecule has 1 heterocycles. The molecule has 0 radical (unpaired) electrons. The van der Waals surface area contributed by atoms with Crippen molar-refractivity contribution in [3.63, 3.8) is 0 Å². The molecule has 1 aromatic carbocycles. The van der Waals surface area contributed by atoms with Crippen molar-refractivity contribution in [1.29, 1.82) is 0 Å². The Hall–Kier alpha value is -2.90. The first kappa shape index (κ1) is 18.4. The molecule has 0 saturated heterocycles. The van der Waals surface area contributed by atoms with Crippen LogP contribution in [0.5, 0.6) is 0 Å². The monoisotopic (exact) mass is 347 g/mol. The maximum Gasteiger partial charge on any atom is 0.411 e. The summed E-state index contributed by atoms with van der Waals surface area (Å²) in [6.45, 7) is 5.35. The predicted molar refractivity (Wildman–Crippen MR) is 91.6 cm³/mol. The zero-order chi connectivity index (χ0) is 18.8. The van der Waals surface area contributed by atoms with Crippen molar-refractivity contribution in [2.45, 2.75) is 38.8 Å². The van der Waals surface area contributed by atoms with Gasteiger partial charge in [0.25, 0.3) is 5.69 Å². The quantitative estimate of drug-likeness (QED) is 0.666. The highest BCUT2D eigenvalue weighted by Gasteiger charge is 2.34. The van der Waals surface area contributed by atoms with E-state index in [4.69, 9.17) is 10.5 Å². The van der Waals surface area contributed by atoms with Gasteiger partial charge in [-0.15, -0.1) is 0 Å². The van der Waals surface area contributed by atoms with Gasteiger partial charge in [-0.3, -0.25) is 19.8 Å². The normalized spacial score (nSPS) is 17.6. The molecule has 0 bridgehead atoms. The highest BCUT2D eigenvalue weighted by atomic mass is 16.6. The van der Waals surface area contributed by atoms with E-state index in [9.17, 15) is 19.7 Å². The third-order valence-electron chi connectivity index (χ3n) is 3.71. The summed E-state index contributed by atoms with van der Waals surface area (Å²) in [5.74, 6) is -0.607. The number of amides is 2. The van der Waals surface area contributed by atoms with Crippen molar-refractivity contribution in [3.05, 3.63) is 46.0 Å². The Morgan fingerprint density at radius 2 is 1.88 bits per heavy atom. The molecule has 25 heavy (non-hydrogen) atoms. The number of nitrogens with two attached hydrogens (primary N) is 1. The summed E-state index contributed by atoms with van der Waals surface area (Å²) < 4.78 is 5.36. The summed E-state index contributed by atoms with van der Waals surface area (Å²) >= 11 is 0. The summed E-state index contributed by atoms with van der Waals surface area (Å²) in [7, 11) is 0. The number of primary amides is 1. The maximum absolute atomic E-state index is 12.4. The number of non-ortho nitro benzene ring substituents is 1. The SMILES string of the molecule is CC(C)(C)OC(=O)N1CC(c2ccc([N+](=O)[O-])cc2)=CCC1C(N)=O. The van der Waals surface area contributed by atoms with Crippen LogP contribution in [0.4, 0.5) is 10.5 Å². The van der Waals surface area contributed by atoms with Crippen molar-refractivity contribution in [3.8, 4) is 0 Å². The topological polar surface area (TPSA) is 116 Å². The summed E-state index contributed by atoms with van der Waals surface area (Å²) in [5, 5.41) is 10.8. The average Bonchev–Trinajstić information content (AvgIpc) is 2.52. The molecular formula is C17H21N3O5. The van der Waals surface area contributed by atoms with Crippen LogP contribution in [0.3, 0.4) is 0 Å². The second-order valence-corrected chi connectivity index (χ2v) is 6.80. The molecule has 8 nitrogen and oxygen atoms in total. The van der Waals surface area contributed by atoms with Gasteiger partial charge in [0.15, 0.2) is 0 Å². The fourth-order valence-corrected chi connectivity index (χ4v) is 2.53. The second-order valence-electron chi connectivity index (χ2n) is 6.80. The molecule has 0 aromatic heterocycles. The number of hydrogen-bond acceptors (Lipinski definition) is 5. The largest absolute Gasteiger partial charge is 0.444 e. The van der Waals surface area contributed by atoms with Gasteiger partial charge < -0.3 is 10.5 Å². The molecule has 1 atom stereocenters. The van der Waals surface area contributed by atoms with Gasteiger partial charge in [0, 0.05) is 12.1 Å². The number of benzene rings is 1. The van der Waals surface area contributed by atoms with Crippen molar-refractivity contribution in [2.75, 3.05) is 6.54 Å². The van der Waals surface area contributed by atoms with Crippen LogP contribution in [-0.2, 0) is 9.53 Å². The van der Waals surface area contributed by atoms with Crippen LogP contribution in [0.15, 0.2) is 30.3 Å². The van der Waals surface area contributed by atoms with E-state index in [1.54, 1.807) is 32.9 Å². The van der Waals surface area contributed by atoms with E-state index in [1.807, 2.05) is 6.08 Å². The second kappa shape index (κ2) is 6.92. The maximum atomic E-state index is 12.4. The predicted octanol–water partition coefficient (Wildman–Crippen LogP) is 2.47. The number of carbonyl (C=O) groups is 2. The zero-order valence-electron chi connectivity index (χ0n) is 14.4. The third-order valence-corrected chi connectivity index (χ3v) is 3.71. The lowest BCUT2D eigenvalue weighted by molar-refractivity contribution is -0.384. The molecule has 2 N–H and O–H groups in total. The molecule has 2 rings (SSSR count). The Kier molecular flexibility index (Phi) is 5.10. The Morgan fingerprint density at radius 3 is 2.36 bits per heavy atom. The van der Waals surface area contributed by atoms with Crippen LogP contribution < -0.4 is 5.73 Å². The minimum atomic E-state index is -0.781. The lowest BCUT2D eigenvalue weighted by atomic mass is 9.97. The van der Waals surface area contributed by atoms with Gasteiger partial charge in [-0.05, 0) is 50.5 Å². The summed E-state index contributed by atoms with van der Waals surface area (Å²) in [4.78, 5) is 35.7. The minimum absolute atomic E-state index is 0.0147. The Balaban J connectivity index is 2.26. The molecule has 1 aliphatic rings. The molecule has 1 aliphatic heterocycles. The Morgan fingerprint density at radius 1 is 1.28 bits per heavy atom. The molecule has 0 fully saturated rings. The Labute approximate surface area is 145 Å². The van der Waals surface area contributed by atoms with Gasteiger partial charge in [-0.25, -0.2) is 4.79 Å². The average molecular weight is 347 g/mol. The van der Waals surface area contributed by atoms with Crippen LogP contribution in [-0.4, -0.2) is 40.0 Å². The Bertz CT molecular complexity index is 719. The lowest BCUT2D eigenvalue weighted by Gasteiger charge is -2.35. The molecule has 2 amide bonds. The molecule has 134 valence electrons. The number of ether oxygens (including phenoxy) is 1. The number of nitrogens with zero attached hydrogens (tertiary/aromatic N) is 2. The molecule has 1 unspecified atom stereocenters. The highest BCUT2D eigenvalue weighted by molar-refractivity contribution is 5.87. The van der Waals surface area contributed by atoms with Crippen LogP contribution >= 0.6 is 0 Å². The van der Waals surface area contributed by atoms with Crippen LogP contribution in [0, 0.1) is 10.1 Å². The van der Waals surface area contributed by atoms with E-state index >= 15 is 0 Å². The van der Waals surface area contributed by atoms with Crippen molar-refractivity contribution < 1.29 is 19.2 Å². The van der Waals surface area contributed by atoms with Crippen LogP contribution in [0.2, 0.25) is 0 Å². The third kappa shape index (κ3) is 4.56. The van der Waals surface area contributed by atoms with E-state index in [2.05, 4.69) is 0 Å². The zero-order valence-corrected chi connectivity index (χ0v) is 14.4. The van der Waals surface area contributed by atoms with Gasteiger partial charge in [-0.1, -0.05) is 6.08 Å². The van der Waals surface area contributed by atoms with Gasteiger partial charge in [0.1, 0.15) is 11.6 Å². The number of hydrogen-bond donors (Lipinski definition) is 1. The van der Waals surface area contributed by atoms with Gasteiger partial charge in [0.2, 0.25) is 5.91 Å². The summed E-state index contributed by atoms with van der Waals surface area (Å²) in [6.07, 6.45) is 1.46. The lowest BCUT2D eigenvalue weighted by Crippen LogP contribution is -2.51. The smallest absolute Gasteiger partial charge is 0.411 e. The first-order valence-corrected chi connectivity index (χ1v) is 7.81. The van der Waals surface area contributed by atoms with E-state index in [0.29, 0.717) is 0 Å². The van der Waals surface area contributed by atoms with E-state index in [-0.39, 0.29) is 18.7 Å². The van der Waals surface area contributed by atoms with Crippen LogP contribution in [0.25, 0.3) is 5.57 Å². The van der Waals surface area contributed by atoms with E-state index in [1.165, 1.54) is 17.0 Å². The standard InChI is InChI=1S/C17H21N3O5/c1-17(2,3)25-16(22)19-10-12(6-9-14(19)15(18)21)11-4-7-13(8-5-11)20(23)24/h4-8,14H,9-10H2,1-3H3,(H2,18,21). The molecule has 0 spiro atoms. The fourth-order valence-electron chi connectivity index (χ4n) is 2.53. The molecular weight excluding hydrogens is 326 g/mol. The molecule has 0 aliphatic carbocycles. The molecule has 8 heteroatoms. The van der Waals surface area contributed by atoms with Gasteiger partial charge >= 0.3 is 6.09 Å².